The zero-order chi connectivity index (χ0) is 19.5. The number of hydrogen-bond donors (Lipinski definition) is 0. The van der Waals surface area contributed by atoms with E-state index >= 15 is 0 Å². The smallest absolute Gasteiger partial charge is 0.339 e. The minimum atomic E-state index is -0.931. The van der Waals surface area contributed by atoms with Crippen molar-refractivity contribution in [2.24, 2.45) is 0 Å². The minimum Gasteiger partial charge on any atom is -0.449 e. The first-order valence-electron chi connectivity index (χ1n) is 9.26. The van der Waals surface area contributed by atoms with Crippen molar-refractivity contribution < 1.29 is 14.3 Å². The van der Waals surface area contributed by atoms with Crippen molar-refractivity contribution in [1.29, 1.82) is 0 Å². The summed E-state index contributed by atoms with van der Waals surface area (Å²) in [5, 5.41) is 0. The van der Waals surface area contributed by atoms with E-state index in [-0.39, 0.29) is 5.91 Å². The molecule has 3 aromatic rings. The van der Waals surface area contributed by atoms with E-state index in [1.165, 1.54) is 12.4 Å². The molecule has 4 rings (SSSR count). The topological polar surface area (TPSA) is 59.5 Å². The van der Waals surface area contributed by atoms with Crippen LogP contribution < -0.4 is 4.90 Å². The lowest BCUT2D eigenvalue weighted by molar-refractivity contribution is -0.125. The van der Waals surface area contributed by atoms with Gasteiger partial charge in [-0.15, -0.1) is 0 Å². The first-order valence-corrected chi connectivity index (χ1v) is 9.26. The molecule has 5 nitrogen and oxygen atoms in total. The second-order valence-electron chi connectivity index (χ2n) is 6.71. The van der Waals surface area contributed by atoms with E-state index in [0.29, 0.717) is 5.56 Å². The quantitative estimate of drug-likeness (QED) is 0.650. The van der Waals surface area contributed by atoms with Gasteiger partial charge in [-0.1, -0.05) is 36.4 Å². The summed E-state index contributed by atoms with van der Waals surface area (Å²) in [6.45, 7) is 1.61. The Bertz CT molecular complexity index is 970. The number of hydrogen-bond acceptors (Lipinski definition) is 4. The average Bonchev–Trinajstić information content (AvgIpc) is 2.90. The Morgan fingerprint density at radius 1 is 0.893 bits per heavy atom. The Balaban J connectivity index is 1.67. The molecule has 28 heavy (non-hydrogen) atoms. The van der Waals surface area contributed by atoms with E-state index in [9.17, 15) is 9.59 Å². The molecular formula is C23H20N2O3. The SMILES string of the molecule is CC(OC(=O)c1ccncc1)C(=O)N1c2ccccc2CCc2ccccc21. The zero-order valence-electron chi connectivity index (χ0n) is 15.5. The van der Waals surface area contributed by atoms with Crippen molar-refractivity contribution in [3.63, 3.8) is 0 Å². The van der Waals surface area contributed by atoms with Gasteiger partial charge in [-0.25, -0.2) is 4.79 Å². The molecule has 1 aromatic heterocycles. The maximum Gasteiger partial charge on any atom is 0.339 e. The summed E-state index contributed by atoms with van der Waals surface area (Å²) in [6, 6.07) is 18.9. The van der Waals surface area contributed by atoms with Crippen molar-refractivity contribution in [3.8, 4) is 0 Å². The number of fused-ring (bicyclic) bond motifs is 2. The normalized spacial score (nSPS) is 13.7. The molecular weight excluding hydrogens is 352 g/mol. The van der Waals surface area contributed by atoms with Gasteiger partial charge in [-0.05, 0) is 55.2 Å². The van der Waals surface area contributed by atoms with E-state index in [0.717, 1.165) is 35.3 Å². The lowest BCUT2D eigenvalue weighted by Gasteiger charge is -2.27. The van der Waals surface area contributed by atoms with E-state index in [1.54, 1.807) is 24.0 Å². The Labute approximate surface area is 163 Å². The fourth-order valence-corrected chi connectivity index (χ4v) is 3.47. The molecule has 0 bridgehead atoms. The molecule has 5 heteroatoms. The number of carbonyl (C=O) groups is 2. The number of nitrogens with zero attached hydrogens (tertiary/aromatic N) is 2. The maximum absolute atomic E-state index is 13.4. The van der Waals surface area contributed by atoms with Gasteiger partial charge in [0, 0.05) is 12.4 Å². The number of anilines is 2. The van der Waals surface area contributed by atoms with Gasteiger partial charge in [-0.2, -0.15) is 0 Å². The number of carbonyl (C=O) groups excluding carboxylic acids is 2. The van der Waals surface area contributed by atoms with Crippen molar-refractivity contribution >= 4 is 23.3 Å². The highest BCUT2D eigenvalue weighted by Crippen LogP contribution is 2.36. The first-order chi connectivity index (χ1) is 13.6. The van der Waals surface area contributed by atoms with Crippen molar-refractivity contribution in [2.45, 2.75) is 25.9 Å². The molecule has 0 saturated carbocycles. The highest BCUT2D eigenvalue weighted by Gasteiger charge is 2.30. The molecule has 0 spiro atoms. The Kier molecular flexibility index (Phi) is 4.89. The van der Waals surface area contributed by atoms with Gasteiger partial charge in [0.05, 0.1) is 16.9 Å². The lowest BCUT2D eigenvalue weighted by atomic mass is 10.0. The summed E-state index contributed by atoms with van der Waals surface area (Å²) in [5.74, 6) is -0.816. The Hall–Kier alpha value is -3.47. The fourth-order valence-electron chi connectivity index (χ4n) is 3.47. The summed E-state index contributed by atoms with van der Waals surface area (Å²) in [7, 11) is 0. The fraction of sp³-hybridized carbons (Fsp3) is 0.174. The average molecular weight is 372 g/mol. The Morgan fingerprint density at radius 2 is 1.43 bits per heavy atom. The molecule has 1 unspecified atom stereocenters. The van der Waals surface area contributed by atoms with Crippen LogP contribution in [0.25, 0.3) is 0 Å². The van der Waals surface area contributed by atoms with Gasteiger partial charge in [0.25, 0.3) is 5.91 Å². The summed E-state index contributed by atoms with van der Waals surface area (Å²) in [4.78, 5) is 31.3. The molecule has 0 N–H and O–H groups in total. The van der Waals surface area contributed by atoms with Crippen LogP contribution in [0.15, 0.2) is 73.1 Å². The summed E-state index contributed by atoms with van der Waals surface area (Å²) in [5.41, 5.74) is 4.24. The van der Waals surface area contributed by atoms with Crippen LogP contribution in [0, 0.1) is 0 Å². The Morgan fingerprint density at radius 3 is 2.00 bits per heavy atom. The molecule has 0 saturated heterocycles. The van der Waals surface area contributed by atoms with Crippen LogP contribution >= 0.6 is 0 Å². The summed E-state index contributed by atoms with van der Waals surface area (Å²) >= 11 is 0. The second kappa shape index (κ2) is 7.64. The van der Waals surface area contributed by atoms with Crippen LogP contribution in [0.1, 0.15) is 28.4 Å². The molecule has 2 aromatic carbocycles. The molecule has 1 aliphatic rings. The number of amides is 1. The first kappa shape index (κ1) is 17.9. The number of rotatable bonds is 3. The van der Waals surface area contributed by atoms with Crippen molar-refractivity contribution in [2.75, 3.05) is 4.90 Å². The van der Waals surface area contributed by atoms with Gasteiger partial charge >= 0.3 is 5.97 Å². The van der Waals surface area contributed by atoms with E-state index in [1.807, 2.05) is 48.5 Å². The largest absolute Gasteiger partial charge is 0.449 e. The molecule has 0 radical (unpaired) electrons. The van der Waals surface area contributed by atoms with E-state index in [2.05, 4.69) is 4.98 Å². The standard InChI is InChI=1S/C23H20N2O3/c1-16(28-23(27)19-12-14-24-15-13-19)22(26)25-20-8-4-2-6-17(20)10-11-18-7-3-5-9-21(18)25/h2-9,12-16H,10-11H2,1H3. The number of aryl methyl sites for hydroxylation is 2. The maximum atomic E-state index is 13.4. The minimum absolute atomic E-state index is 0.274. The van der Waals surface area contributed by atoms with Crippen LogP contribution in [-0.4, -0.2) is 23.0 Å². The number of esters is 1. The number of pyridine rings is 1. The molecule has 1 atom stereocenters. The predicted molar refractivity (Wildman–Crippen MR) is 107 cm³/mol. The van der Waals surface area contributed by atoms with Gasteiger partial charge in [0.15, 0.2) is 6.10 Å². The van der Waals surface area contributed by atoms with Crippen LogP contribution in [0.2, 0.25) is 0 Å². The number of para-hydroxylation sites is 2. The highest BCUT2D eigenvalue weighted by molar-refractivity contribution is 6.05. The molecule has 1 amide bonds. The lowest BCUT2D eigenvalue weighted by Crippen LogP contribution is -2.37. The van der Waals surface area contributed by atoms with Crippen LogP contribution in [0.4, 0.5) is 11.4 Å². The highest BCUT2D eigenvalue weighted by atomic mass is 16.5. The predicted octanol–water partition coefficient (Wildman–Crippen LogP) is 4.09. The molecule has 1 aliphatic heterocycles. The van der Waals surface area contributed by atoms with Crippen LogP contribution in [-0.2, 0) is 22.4 Å². The zero-order valence-corrected chi connectivity index (χ0v) is 15.5. The van der Waals surface area contributed by atoms with E-state index in [4.69, 9.17) is 4.74 Å². The molecule has 2 heterocycles. The van der Waals surface area contributed by atoms with E-state index < -0.39 is 12.1 Å². The van der Waals surface area contributed by atoms with Gasteiger partial charge in [0.2, 0.25) is 0 Å². The second-order valence-corrected chi connectivity index (χ2v) is 6.71. The molecule has 140 valence electrons. The van der Waals surface area contributed by atoms with Gasteiger partial charge in [-0.3, -0.25) is 14.7 Å². The third-order valence-corrected chi connectivity index (χ3v) is 4.90. The van der Waals surface area contributed by atoms with Gasteiger partial charge < -0.3 is 4.74 Å². The number of benzene rings is 2. The van der Waals surface area contributed by atoms with Crippen molar-refractivity contribution in [1.82, 2.24) is 4.98 Å². The van der Waals surface area contributed by atoms with Gasteiger partial charge in [0.1, 0.15) is 0 Å². The van der Waals surface area contributed by atoms with Crippen LogP contribution in [0.5, 0.6) is 0 Å². The van der Waals surface area contributed by atoms with Crippen molar-refractivity contribution in [3.05, 3.63) is 89.7 Å². The van der Waals surface area contributed by atoms with Crippen LogP contribution in [0.3, 0.4) is 0 Å². The third kappa shape index (κ3) is 3.39. The number of aromatic nitrogens is 1. The molecule has 0 fully saturated rings. The summed E-state index contributed by atoms with van der Waals surface area (Å²) < 4.78 is 5.46. The monoisotopic (exact) mass is 372 g/mol. The summed E-state index contributed by atoms with van der Waals surface area (Å²) in [6.07, 6.45) is 3.80. The third-order valence-electron chi connectivity index (χ3n) is 4.90. The molecule has 0 aliphatic carbocycles. The number of ether oxygens (including phenoxy) is 1.